The van der Waals surface area contributed by atoms with E-state index < -0.39 is 0 Å². The molecule has 0 aliphatic heterocycles. The highest BCUT2D eigenvalue weighted by atomic mass is 79.9. The fourth-order valence-corrected chi connectivity index (χ4v) is 12.2. The third kappa shape index (κ3) is 8.76. The van der Waals surface area contributed by atoms with E-state index in [0.29, 0.717) is 11.4 Å². The number of halogens is 1. The minimum absolute atomic E-state index is 0.658. The lowest BCUT2D eigenvalue weighted by molar-refractivity contribution is 1.17. The van der Waals surface area contributed by atoms with Crippen LogP contribution in [0.3, 0.4) is 0 Å². The molecule has 12 aromatic carbocycles. The van der Waals surface area contributed by atoms with Gasteiger partial charge in [-0.1, -0.05) is 186 Å². The van der Waals surface area contributed by atoms with E-state index in [9.17, 15) is 0 Å². The molecule has 0 bridgehead atoms. The van der Waals surface area contributed by atoms with E-state index in [0.717, 1.165) is 65.2 Å². The number of hydrogen-bond donors (Lipinski definition) is 1. The second-order valence-electron chi connectivity index (χ2n) is 20.1. The zero-order chi connectivity index (χ0) is 54.4. The lowest BCUT2D eigenvalue weighted by Crippen LogP contribution is -1.95. The topological polar surface area (TPSA) is 39.3 Å². The number of hydrogen-bond acceptors (Lipinski definition) is 0. The highest BCUT2D eigenvalue weighted by Gasteiger charge is 2.16. The van der Waals surface area contributed by atoms with Gasteiger partial charge in [0.25, 0.3) is 0 Å². The first-order chi connectivity index (χ1) is 40.0. The van der Waals surface area contributed by atoms with Gasteiger partial charge in [-0.15, -0.1) is 0 Å². The zero-order valence-electron chi connectivity index (χ0n) is 43.7. The number of rotatable bonds is 5. The average molecular weight is 1100 g/mol. The second kappa shape index (κ2) is 20.6. The van der Waals surface area contributed by atoms with Crippen LogP contribution in [0.2, 0.25) is 0 Å². The molecule has 0 saturated carbocycles. The summed E-state index contributed by atoms with van der Waals surface area (Å²) in [5.41, 5.74) is 18.8. The Hall–Kier alpha value is -10.7. The molecule has 0 aliphatic carbocycles. The molecule has 0 saturated heterocycles. The Bertz CT molecular complexity index is 5080. The second-order valence-corrected chi connectivity index (χ2v) is 21.0. The minimum atomic E-state index is 0.658. The van der Waals surface area contributed by atoms with Crippen molar-refractivity contribution in [3.05, 3.63) is 306 Å². The molecule has 4 heterocycles. The Morgan fingerprint density at radius 2 is 0.605 bits per heavy atom. The summed E-state index contributed by atoms with van der Waals surface area (Å²) in [4.78, 5) is 10.4. The van der Waals surface area contributed by atoms with Crippen LogP contribution in [0.1, 0.15) is 0 Å². The molecule has 7 heteroatoms. The van der Waals surface area contributed by atoms with E-state index in [1.807, 2.05) is 48.5 Å². The maximum atomic E-state index is 7.50. The number of H-pyrrole nitrogens is 1. The predicted molar refractivity (Wildman–Crippen MR) is 343 cm³/mol. The smallest absolute Gasteiger partial charge is 0.188 e. The Labute approximate surface area is 476 Å². The molecule has 0 unspecified atom stereocenters. The SMILES string of the molecule is Brc1cccc(-c2cccc(-n3c4ccccc4c4ccccc43)c2)c1.[C-]#[N+]c1ccc2[nH]c3ccccc3c2c1.[C-]#[N+]c1ccc2c(c1)c1ccccc1n2-c1cccc(-c2cccc(-n3c4ccccc4c4ccccc43)c2)c1. The summed E-state index contributed by atoms with van der Waals surface area (Å²) in [6, 6.07) is 97.5. The standard InChI is InChI=1S/C37H23N3.C24H16BrN.C13H8N2/c1-38-27-20-21-37-33(24-27)32-16-4-7-19-36(32)40(37)29-13-9-11-26(23-29)25-10-8-12-28(22-25)39-34-17-5-2-14-30(34)31-15-3-6-18-35(31)39;25-19-9-5-7-17(15-19)18-8-6-10-20(16-18)26-23-13-3-1-11-21(23)22-12-2-4-14-24(22)26;1-14-9-6-7-13-11(8-9)10-4-2-3-5-12(10)15-13/h2-24H;1-16H;2-8,15H. The fraction of sp³-hybridized carbons (Fsp3) is 0. The Morgan fingerprint density at radius 3 is 1.04 bits per heavy atom. The van der Waals surface area contributed by atoms with E-state index >= 15 is 0 Å². The maximum absolute atomic E-state index is 7.50. The third-order valence-corrected chi connectivity index (χ3v) is 15.9. The van der Waals surface area contributed by atoms with Gasteiger partial charge < -0.3 is 18.7 Å². The van der Waals surface area contributed by atoms with Crippen LogP contribution in [-0.2, 0) is 0 Å². The summed E-state index contributed by atoms with van der Waals surface area (Å²) in [7, 11) is 0. The van der Waals surface area contributed by atoms with Gasteiger partial charge in [0.05, 0.1) is 46.2 Å². The van der Waals surface area contributed by atoms with Crippen molar-refractivity contribution in [1.82, 2.24) is 18.7 Å². The van der Waals surface area contributed by atoms with Crippen molar-refractivity contribution in [1.29, 1.82) is 0 Å². The normalized spacial score (nSPS) is 11.2. The number of nitrogens with one attached hydrogen (secondary N) is 1. The van der Waals surface area contributed by atoms with E-state index in [4.69, 9.17) is 13.1 Å². The van der Waals surface area contributed by atoms with E-state index in [1.165, 1.54) is 65.8 Å². The van der Waals surface area contributed by atoms with E-state index in [-0.39, 0.29) is 0 Å². The van der Waals surface area contributed by atoms with Crippen LogP contribution in [0.4, 0.5) is 11.4 Å². The lowest BCUT2D eigenvalue weighted by Gasteiger charge is -2.12. The monoisotopic (exact) mass is 1100 g/mol. The summed E-state index contributed by atoms with van der Waals surface area (Å²) in [6.07, 6.45) is 0. The van der Waals surface area contributed by atoms with Crippen molar-refractivity contribution in [3.63, 3.8) is 0 Å². The summed E-state index contributed by atoms with van der Waals surface area (Å²) < 4.78 is 8.11. The largest absolute Gasteiger partial charge is 0.355 e. The van der Waals surface area contributed by atoms with Crippen LogP contribution in [-0.4, -0.2) is 18.7 Å². The van der Waals surface area contributed by atoms with Crippen LogP contribution in [0, 0.1) is 13.1 Å². The highest BCUT2D eigenvalue weighted by molar-refractivity contribution is 9.10. The quantitative estimate of drug-likeness (QED) is 0.167. The van der Waals surface area contributed by atoms with Gasteiger partial charge in [0.2, 0.25) is 0 Å². The van der Waals surface area contributed by atoms with Gasteiger partial charge in [-0.25, -0.2) is 9.69 Å². The fourth-order valence-electron chi connectivity index (χ4n) is 11.8. The Balaban J connectivity index is 0.000000122. The molecule has 6 nitrogen and oxygen atoms in total. The van der Waals surface area contributed by atoms with Crippen molar-refractivity contribution in [2.75, 3.05) is 0 Å². The molecule has 81 heavy (non-hydrogen) atoms. The van der Waals surface area contributed by atoms with Gasteiger partial charge in [0.1, 0.15) is 0 Å². The summed E-state index contributed by atoms with van der Waals surface area (Å²) in [5, 5.41) is 9.66. The summed E-state index contributed by atoms with van der Waals surface area (Å²) in [5.74, 6) is 0. The average Bonchev–Trinajstić information content (AvgIpc) is 4.35. The molecular formula is C74H47BrN6. The molecular weight excluding hydrogens is 1050 g/mol. The lowest BCUT2D eigenvalue weighted by atomic mass is 10.0. The molecule has 0 spiro atoms. The number of para-hydroxylation sites is 6. The first-order valence-electron chi connectivity index (χ1n) is 26.8. The van der Waals surface area contributed by atoms with Gasteiger partial charge in [0.15, 0.2) is 11.4 Å². The molecule has 0 amide bonds. The first kappa shape index (κ1) is 48.7. The molecule has 16 aromatic rings. The third-order valence-electron chi connectivity index (χ3n) is 15.4. The first-order valence-corrected chi connectivity index (χ1v) is 27.6. The van der Waals surface area contributed by atoms with Gasteiger partial charge in [0, 0.05) is 64.9 Å². The van der Waals surface area contributed by atoms with Crippen LogP contribution >= 0.6 is 15.9 Å². The number of benzene rings is 12. The number of aromatic amines is 1. The summed E-state index contributed by atoms with van der Waals surface area (Å²) in [6.45, 7) is 14.5. The van der Waals surface area contributed by atoms with Gasteiger partial charge in [-0.05, 0) is 142 Å². The maximum Gasteiger partial charge on any atom is 0.188 e. The van der Waals surface area contributed by atoms with Crippen LogP contribution in [0.5, 0.6) is 0 Å². The van der Waals surface area contributed by atoms with Crippen LogP contribution < -0.4 is 0 Å². The molecule has 0 radical (unpaired) electrons. The van der Waals surface area contributed by atoms with Crippen molar-refractivity contribution >= 4 is 115 Å². The molecule has 4 aromatic heterocycles. The van der Waals surface area contributed by atoms with Crippen LogP contribution in [0.15, 0.2) is 284 Å². The van der Waals surface area contributed by atoms with E-state index in [2.05, 4.69) is 275 Å². The molecule has 16 rings (SSSR count). The molecule has 1 N–H and O–H groups in total. The van der Waals surface area contributed by atoms with Gasteiger partial charge in [-0.2, -0.15) is 0 Å². The van der Waals surface area contributed by atoms with Crippen LogP contribution in [0.25, 0.3) is 136 Å². The number of nitrogens with zero attached hydrogens (tertiary/aromatic N) is 5. The van der Waals surface area contributed by atoms with Crippen molar-refractivity contribution < 1.29 is 0 Å². The van der Waals surface area contributed by atoms with Gasteiger partial charge >= 0.3 is 0 Å². The van der Waals surface area contributed by atoms with Crippen molar-refractivity contribution in [2.24, 2.45) is 0 Å². The zero-order valence-corrected chi connectivity index (χ0v) is 45.3. The molecule has 0 aliphatic rings. The molecule has 0 fully saturated rings. The molecule has 0 atom stereocenters. The number of aromatic nitrogens is 4. The summed E-state index contributed by atoms with van der Waals surface area (Å²) >= 11 is 3.58. The number of fused-ring (bicyclic) bond motifs is 12. The molecule has 380 valence electrons. The van der Waals surface area contributed by atoms with Crippen molar-refractivity contribution in [2.45, 2.75) is 0 Å². The minimum Gasteiger partial charge on any atom is -0.355 e. The van der Waals surface area contributed by atoms with E-state index in [1.54, 1.807) is 0 Å². The van der Waals surface area contributed by atoms with Crippen molar-refractivity contribution in [3.8, 4) is 39.3 Å². The van der Waals surface area contributed by atoms with Gasteiger partial charge in [-0.3, -0.25) is 0 Å². The predicted octanol–water partition coefficient (Wildman–Crippen LogP) is 21.2. The Kier molecular flexibility index (Phi) is 12.4. The highest BCUT2D eigenvalue weighted by Crippen LogP contribution is 2.38. The Morgan fingerprint density at radius 1 is 0.272 bits per heavy atom.